The molecule has 0 aromatic rings. The molecule has 0 aromatic carbocycles. The van der Waals surface area contributed by atoms with Gasteiger partial charge in [0.2, 0.25) is 0 Å². The van der Waals surface area contributed by atoms with E-state index in [1.807, 2.05) is 0 Å². The highest BCUT2D eigenvalue weighted by Crippen LogP contribution is 1.67. The van der Waals surface area contributed by atoms with Gasteiger partial charge in [-0.3, -0.25) is 10.1 Å². The molecule has 7 heavy (non-hydrogen) atoms. The number of nitrogens with two attached hydrogens (primary N) is 2. The minimum absolute atomic E-state index is 0.412. The molecule has 0 saturated carbocycles. The van der Waals surface area contributed by atoms with Gasteiger partial charge in [0.15, 0.2) is 5.82 Å². The van der Waals surface area contributed by atoms with Crippen LogP contribution < -0.4 is 11.5 Å². The molecule has 0 bridgehead atoms. The van der Waals surface area contributed by atoms with Crippen molar-refractivity contribution in [2.24, 2.45) is 11.5 Å². The highest BCUT2D eigenvalue weighted by atomic mass is 16.6. The van der Waals surface area contributed by atoms with Crippen molar-refractivity contribution in [2.45, 2.75) is 0 Å². The van der Waals surface area contributed by atoms with Gasteiger partial charge in [-0.05, 0) is 0 Å². The van der Waals surface area contributed by atoms with E-state index in [0.29, 0.717) is 0 Å². The van der Waals surface area contributed by atoms with Gasteiger partial charge < -0.3 is 11.5 Å². The summed E-state index contributed by atoms with van der Waals surface area (Å²) in [4.78, 5) is 8.49. The van der Waals surface area contributed by atoms with Gasteiger partial charge in [-0.1, -0.05) is 0 Å². The highest BCUT2D eigenvalue weighted by Gasteiger charge is 1.89. The van der Waals surface area contributed by atoms with E-state index in [0.717, 1.165) is 0 Å². The number of nitro groups is 1. The molecule has 0 saturated heterocycles. The molecule has 0 amide bonds. The van der Waals surface area contributed by atoms with E-state index >= 15 is 0 Å². The largest absolute Gasteiger partial charge is 0.388 e. The maximum absolute atomic E-state index is 9.32. The van der Waals surface area contributed by atoms with Gasteiger partial charge in [0, 0.05) is 0 Å². The summed E-state index contributed by atoms with van der Waals surface area (Å²) in [6.07, 6.45) is 1.50. The van der Waals surface area contributed by atoms with Gasteiger partial charge in [0.05, 0.1) is 4.92 Å². The van der Waals surface area contributed by atoms with Crippen molar-refractivity contribution < 1.29 is 4.92 Å². The van der Waals surface area contributed by atoms with E-state index in [4.69, 9.17) is 0 Å². The van der Waals surface area contributed by atoms with Crippen LogP contribution in [0.3, 0.4) is 0 Å². The van der Waals surface area contributed by atoms with Gasteiger partial charge >= 0.3 is 6.20 Å². The summed E-state index contributed by atoms with van der Waals surface area (Å²) < 4.78 is 0. The van der Waals surface area contributed by atoms with E-state index < -0.39 is 10.7 Å². The summed E-state index contributed by atoms with van der Waals surface area (Å²) >= 11 is 0. The Kier molecular flexibility index (Phi) is 1.65. The quantitative estimate of drug-likeness (QED) is 0.246. The molecule has 1 radical (unpaired) electrons. The third-order valence-electron chi connectivity index (χ3n) is 0.220. The second-order valence-electron chi connectivity index (χ2n) is 0.824. The Morgan fingerprint density at radius 1 is 1.71 bits per heavy atom. The van der Waals surface area contributed by atoms with Crippen LogP contribution >= 0.6 is 0 Å². The van der Waals surface area contributed by atoms with Crippen molar-refractivity contribution in [2.75, 3.05) is 0 Å². The first kappa shape index (κ1) is 5.74. The van der Waals surface area contributed by atoms with E-state index in [1.165, 1.54) is 6.20 Å². The molecule has 0 rings (SSSR count). The standard InChI is InChI=1S/C2H4N3O2/c3-2(4)1-5(6)7/h3-4H2. The zero-order chi connectivity index (χ0) is 5.86. The predicted molar refractivity (Wildman–Crippen MR) is 22.1 cm³/mol. The molecule has 4 N–H and O–H groups in total. The van der Waals surface area contributed by atoms with Crippen LogP contribution in [-0.4, -0.2) is 4.92 Å². The first-order valence-corrected chi connectivity index (χ1v) is 1.42. The van der Waals surface area contributed by atoms with Crippen LogP contribution in [0.25, 0.3) is 0 Å². The first-order valence-electron chi connectivity index (χ1n) is 1.42. The zero-order valence-corrected chi connectivity index (χ0v) is 3.42. The number of rotatable bonds is 1. The second kappa shape index (κ2) is 2.01. The lowest BCUT2D eigenvalue weighted by Crippen LogP contribution is -2.10. The minimum atomic E-state index is -0.838. The van der Waals surface area contributed by atoms with Gasteiger partial charge in [0.1, 0.15) is 0 Å². The third kappa shape index (κ3) is 4.74. The molecule has 0 aromatic heterocycles. The van der Waals surface area contributed by atoms with Crippen molar-refractivity contribution in [3.63, 3.8) is 0 Å². The SMILES string of the molecule is NC(N)=[C][N+](=O)[O-]. The smallest absolute Gasteiger partial charge is 0.380 e. The van der Waals surface area contributed by atoms with Gasteiger partial charge in [-0.25, -0.2) is 0 Å². The predicted octanol–water partition coefficient (Wildman–Crippen LogP) is -1.22. The van der Waals surface area contributed by atoms with Crippen LogP contribution in [0.2, 0.25) is 0 Å². The fourth-order valence-corrected chi connectivity index (χ4v) is 0.105. The lowest BCUT2D eigenvalue weighted by Gasteiger charge is -1.77. The molecular weight excluding hydrogens is 98.0 g/mol. The molecule has 5 nitrogen and oxygen atoms in total. The average molecular weight is 102 g/mol. The molecule has 0 aliphatic heterocycles. The van der Waals surface area contributed by atoms with E-state index in [2.05, 4.69) is 11.5 Å². The number of hydrogen-bond acceptors (Lipinski definition) is 4. The summed E-state index contributed by atoms with van der Waals surface area (Å²) in [7, 11) is 0. The summed E-state index contributed by atoms with van der Waals surface area (Å²) in [5.74, 6) is -0.412. The molecule has 0 aliphatic rings. The van der Waals surface area contributed by atoms with Gasteiger partial charge in [0.25, 0.3) is 0 Å². The summed E-state index contributed by atoms with van der Waals surface area (Å²) in [5, 5.41) is 9.32. The van der Waals surface area contributed by atoms with Crippen LogP contribution in [0.15, 0.2) is 5.82 Å². The lowest BCUT2D eigenvalue weighted by atomic mass is 10.8. The molecule has 5 heteroatoms. The molecule has 0 atom stereocenters. The fraction of sp³-hybridized carbons (Fsp3) is 0. The first-order chi connectivity index (χ1) is 3.13. The van der Waals surface area contributed by atoms with Crippen LogP contribution in [-0.2, 0) is 0 Å². The third-order valence-corrected chi connectivity index (χ3v) is 0.220. The highest BCUT2D eigenvalue weighted by molar-refractivity contribution is 4.74. The molecule has 0 unspecified atom stereocenters. The van der Waals surface area contributed by atoms with Crippen molar-refractivity contribution in [1.29, 1.82) is 0 Å². The summed E-state index contributed by atoms with van der Waals surface area (Å²) in [6.45, 7) is 0. The fourth-order valence-electron chi connectivity index (χ4n) is 0.105. The summed E-state index contributed by atoms with van der Waals surface area (Å²) in [6, 6.07) is 0. The normalized spacial score (nSPS) is 7.43. The average Bonchev–Trinajstić information content (AvgIpc) is 1.27. The van der Waals surface area contributed by atoms with Crippen LogP contribution in [0.1, 0.15) is 0 Å². The molecule has 0 fully saturated rings. The van der Waals surface area contributed by atoms with E-state index in [1.54, 1.807) is 0 Å². The molecular formula is C2H4N3O2. The van der Waals surface area contributed by atoms with E-state index in [9.17, 15) is 10.1 Å². The minimum Gasteiger partial charge on any atom is -0.380 e. The Morgan fingerprint density at radius 3 is 2.14 bits per heavy atom. The molecule has 0 heterocycles. The van der Waals surface area contributed by atoms with Crippen LogP contribution in [0, 0.1) is 16.3 Å². The zero-order valence-electron chi connectivity index (χ0n) is 3.42. The second-order valence-corrected chi connectivity index (χ2v) is 0.824. The van der Waals surface area contributed by atoms with Crippen molar-refractivity contribution in [1.82, 2.24) is 0 Å². The Hall–Kier alpha value is -1.26. The molecule has 0 spiro atoms. The molecule has 0 aliphatic carbocycles. The van der Waals surface area contributed by atoms with Gasteiger partial charge in [-0.2, -0.15) is 0 Å². The monoisotopic (exact) mass is 102 g/mol. The Bertz CT molecular complexity index is 104. The van der Waals surface area contributed by atoms with Crippen molar-refractivity contribution in [3.05, 3.63) is 22.1 Å². The van der Waals surface area contributed by atoms with Crippen LogP contribution in [0.5, 0.6) is 0 Å². The number of nitrogens with zero attached hydrogens (tertiary/aromatic N) is 1. The maximum atomic E-state index is 9.32. The summed E-state index contributed by atoms with van der Waals surface area (Å²) in [5.41, 5.74) is 9.27. The Morgan fingerprint density at radius 2 is 2.14 bits per heavy atom. The Labute approximate surface area is 39.7 Å². The maximum Gasteiger partial charge on any atom is 0.388 e. The van der Waals surface area contributed by atoms with Gasteiger partial charge in [-0.15, -0.1) is 0 Å². The van der Waals surface area contributed by atoms with E-state index in [-0.39, 0.29) is 0 Å². The van der Waals surface area contributed by atoms with Crippen molar-refractivity contribution in [3.8, 4) is 0 Å². The lowest BCUT2D eigenvalue weighted by molar-refractivity contribution is -0.420. The van der Waals surface area contributed by atoms with Crippen molar-refractivity contribution >= 4 is 0 Å². The number of hydrogen-bond donors (Lipinski definition) is 2. The molecule has 39 valence electrons. The topological polar surface area (TPSA) is 95.2 Å². The van der Waals surface area contributed by atoms with Crippen LogP contribution in [0.4, 0.5) is 0 Å². The Balaban J connectivity index is 3.68.